The van der Waals surface area contributed by atoms with Crippen LogP contribution in [0.1, 0.15) is 26.3 Å². The van der Waals surface area contributed by atoms with Gasteiger partial charge in [0.2, 0.25) is 0 Å². The van der Waals surface area contributed by atoms with E-state index in [0.29, 0.717) is 24.6 Å². The van der Waals surface area contributed by atoms with E-state index in [9.17, 15) is 4.79 Å². The van der Waals surface area contributed by atoms with Crippen molar-refractivity contribution in [1.29, 1.82) is 0 Å². The normalized spacial score (nSPS) is 11.0. The number of hydrogen-bond acceptors (Lipinski definition) is 4. The summed E-state index contributed by atoms with van der Waals surface area (Å²) in [4.78, 5) is 12.3. The van der Waals surface area contributed by atoms with E-state index in [4.69, 9.17) is 10.5 Å². The second-order valence-electron chi connectivity index (χ2n) is 5.60. The molecular weight excluding hydrogens is 278 g/mol. The molecule has 0 atom stereocenters. The van der Waals surface area contributed by atoms with Gasteiger partial charge in [-0.05, 0) is 31.0 Å². The Hall–Kier alpha value is -2.14. The van der Waals surface area contributed by atoms with Gasteiger partial charge in [0.05, 0.1) is 12.3 Å². The van der Waals surface area contributed by atoms with E-state index in [1.54, 1.807) is 6.07 Å². The number of aromatic nitrogens is 2. The molecule has 0 radical (unpaired) electrons. The molecule has 2 N–H and O–H groups in total. The topological polar surface area (TPSA) is 70.1 Å². The lowest BCUT2D eigenvalue weighted by Gasteiger charge is -2.12. The van der Waals surface area contributed by atoms with Gasteiger partial charge in [-0.25, -0.2) is 4.68 Å². The summed E-state index contributed by atoms with van der Waals surface area (Å²) in [6, 6.07) is 9.47. The molecule has 1 heterocycles. The van der Waals surface area contributed by atoms with Crippen LogP contribution in [0.15, 0.2) is 35.1 Å². The molecule has 0 saturated heterocycles. The molecule has 0 bridgehead atoms. The average molecular weight is 301 g/mol. The molecule has 5 nitrogen and oxygen atoms in total. The van der Waals surface area contributed by atoms with Gasteiger partial charge in [0.15, 0.2) is 0 Å². The van der Waals surface area contributed by atoms with Crippen LogP contribution in [-0.4, -0.2) is 16.4 Å². The van der Waals surface area contributed by atoms with Gasteiger partial charge < -0.3 is 10.5 Å². The summed E-state index contributed by atoms with van der Waals surface area (Å²) >= 11 is 0. The Morgan fingerprint density at radius 3 is 2.73 bits per heavy atom. The molecule has 2 rings (SSSR count). The fraction of sp³-hybridized carbons (Fsp3) is 0.412. The maximum absolute atomic E-state index is 12.3. The fourth-order valence-corrected chi connectivity index (χ4v) is 2.27. The molecule has 0 aliphatic carbocycles. The molecule has 0 saturated carbocycles. The van der Waals surface area contributed by atoms with Gasteiger partial charge in [-0.15, -0.1) is 0 Å². The van der Waals surface area contributed by atoms with Gasteiger partial charge in [-0.3, -0.25) is 4.79 Å². The second-order valence-corrected chi connectivity index (χ2v) is 5.60. The summed E-state index contributed by atoms with van der Waals surface area (Å²) in [7, 11) is 0. The Labute approximate surface area is 130 Å². The van der Waals surface area contributed by atoms with Crippen LogP contribution in [0, 0.1) is 5.92 Å². The zero-order chi connectivity index (χ0) is 16.1. The van der Waals surface area contributed by atoms with Crippen LogP contribution in [-0.2, 0) is 13.1 Å². The minimum absolute atomic E-state index is 0.110. The van der Waals surface area contributed by atoms with E-state index in [1.165, 1.54) is 4.68 Å². The van der Waals surface area contributed by atoms with Crippen LogP contribution >= 0.6 is 0 Å². The highest BCUT2D eigenvalue weighted by atomic mass is 16.5. The van der Waals surface area contributed by atoms with Crippen LogP contribution in [0.5, 0.6) is 5.75 Å². The summed E-state index contributed by atoms with van der Waals surface area (Å²) in [6.07, 6.45) is 0. The Kier molecular flexibility index (Phi) is 5.33. The Balaban J connectivity index is 2.50. The minimum atomic E-state index is -0.110. The molecule has 0 unspecified atom stereocenters. The van der Waals surface area contributed by atoms with Crippen molar-refractivity contribution in [3.63, 3.8) is 0 Å². The minimum Gasteiger partial charge on any atom is -0.494 e. The van der Waals surface area contributed by atoms with Crippen molar-refractivity contribution in [2.24, 2.45) is 11.7 Å². The molecule has 5 heteroatoms. The predicted molar refractivity (Wildman–Crippen MR) is 87.8 cm³/mol. The Bertz CT molecular complexity index is 693. The Morgan fingerprint density at radius 1 is 1.32 bits per heavy atom. The van der Waals surface area contributed by atoms with Crippen molar-refractivity contribution >= 4 is 0 Å². The van der Waals surface area contributed by atoms with E-state index in [2.05, 4.69) is 18.9 Å². The SMILES string of the molecule is CCOc1cccc(-c2cc(CN)c(=O)n(CC(C)C)n2)c1. The third-order valence-corrected chi connectivity index (χ3v) is 3.25. The number of hydrogen-bond donors (Lipinski definition) is 1. The summed E-state index contributed by atoms with van der Waals surface area (Å²) < 4.78 is 7.03. The van der Waals surface area contributed by atoms with Crippen molar-refractivity contribution in [3.05, 3.63) is 46.2 Å². The largest absolute Gasteiger partial charge is 0.494 e. The molecule has 1 aromatic carbocycles. The summed E-state index contributed by atoms with van der Waals surface area (Å²) in [5.74, 6) is 1.12. The van der Waals surface area contributed by atoms with Crippen LogP contribution in [0.2, 0.25) is 0 Å². The lowest BCUT2D eigenvalue weighted by atomic mass is 10.1. The van der Waals surface area contributed by atoms with Crippen LogP contribution < -0.4 is 16.0 Å². The molecule has 118 valence electrons. The Morgan fingerprint density at radius 2 is 2.09 bits per heavy atom. The van der Waals surface area contributed by atoms with Crippen molar-refractivity contribution in [2.75, 3.05) is 6.61 Å². The third kappa shape index (κ3) is 3.74. The molecule has 0 fully saturated rings. The van der Waals surface area contributed by atoms with Crippen molar-refractivity contribution in [3.8, 4) is 17.0 Å². The third-order valence-electron chi connectivity index (χ3n) is 3.25. The van der Waals surface area contributed by atoms with Gasteiger partial charge in [-0.2, -0.15) is 5.10 Å². The molecule has 0 aliphatic heterocycles. The maximum atomic E-state index is 12.3. The van der Waals surface area contributed by atoms with E-state index < -0.39 is 0 Å². The van der Waals surface area contributed by atoms with E-state index >= 15 is 0 Å². The highest BCUT2D eigenvalue weighted by Crippen LogP contribution is 2.22. The predicted octanol–water partition coefficient (Wildman–Crippen LogP) is 2.42. The quantitative estimate of drug-likeness (QED) is 0.889. The summed E-state index contributed by atoms with van der Waals surface area (Å²) in [5.41, 5.74) is 7.83. The van der Waals surface area contributed by atoms with Crippen molar-refractivity contribution in [2.45, 2.75) is 33.9 Å². The smallest absolute Gasteiger partial charge is 0.271 e. The fourth-order valence-electron chi connectivity index (χ4n) is 2.27. The van der Waals surface area contributed by atoms with Gasteiger partial charge in [0, 0.05) is 24.2 Å². The zero-order valence-corrected chi connectivity index (χ0v) is 13.4. The molecule has 0 amide bonds. The molecule has 0 spiro atoms. The molecule has 2 aromatic rings. The number of ether oxygens (including phenoxy) is 1. The van der Waals surface area contributed by atoms with Crippen LogP contribution in [0.25, 0.3) is 11.3 Å². The number of nitrogens with zero attached hydrogens (tertiary/aromatic N) is 2. The highest BCUT2D eigenvalue weighted by molar-refractivity contribution is 5.61. The number of rotatable bonds is 6. The van der Waals surface area contributed by atoms with Crippen molar-refractivity contribution in [1.82, 2.24) is 9.78 Å². The first-order valence-corrected chi connectivity index (χ1v) is 7.59. The lowest BCUT2D eigenvalue weighted by molar-refractivity contribution is 0.340. The van der Waals surface area contributed by atoms with Crippen LogP contribution in [0.3, 0.4) is 0 Å². The van der Waals surface area contributed by atoms with Gasteiger partial charge >= 0.3 is 0 Å². The van der Waals surface area contributed by atoms with Gasteiger partial charge in [0.1, 0.15) is 5.75 Å². The summed E-state index contributed by atoms with van der Waals surface area (Å²) in [6.45, 7) is 7.44. The van der Waals surface area contributed by atoms with E-state index in [1.807, 2.05) is 31.2 Å². The number of benzene rings is 1. The molecule has 0 aliphatic rings. The average Bonchev–Trinajstić information content (AvgIpc) is 2.49. The lowest BCUT2D eigenvalue weighted by Crippen LogP contribution is -2.29. The first-order chi connectivity index (χ1) is 10.5. The molecule has 22 heavy (non-hydrogen) atoms. The van der Waals surface area contributed by atoms with Gasteiger partial charge in [-0.1, -0.05) is 26.0 Å². The zero-order valence-electron chi connectivity index (χ0n) is 13.4. The standard InChI is InChI=1S/C17H23N3O2/c1-4-22-15-7-5-6-13(8-15)16-9-14(10-18)17(21)20(19-16)11-12(2)3/h5-9,12H,4,10-11,18H2,1-3H3. The first kappa shape index (κ1) is 16.2. The maximum Gasteiger partial charge on any atom is 0.271 e. The highest BCUT2D eigenvalue weighted by Gasteiger charge is 2.10. The molecule has 1 aromatic heterocycles. The van der Waals surface area contributed by atoms with Gasteiger partial charge in [0.25, 0.3) is 5.56 Å². The second kappa shape index (κ2) is 7.22. The molecular formula is C17H23N3O2. The van der Waals surface area contributed by atoms with E-state index in [-0.39, 0.29) is 12.1 Å². The van der Waals surface area contributed by atoms with Crippen molar-refractivity contribution < 1.29 is 4.74 Å². The first-order valence-electron chi connectivity index (χ1n) is 7.59. The monoisotopic (exact) mass is 301 g/mol. The number of nitrogens with two attached hydrogens (primary N) is 1. The van der Waals surface area contributed by atoms with E-state index in [0.717, 1.165) is 17.0 Å². The van der Waals surface area contributed by atoms with Crippen LogP contribution in [0.4, 0.5) is 0 Å². The summed E-state index contributed by atoms with van der Waals surface area (Å²) in [5, 5.41) is 4.49.